The average Bonchev–Trinajstić information content (AvgIpc) is 2.57. The Morgan fingerprint density at radius 3 is 2.42 bits per heavy atom. The summed E-state index contributed by atoms with van der Waals surface area (Å²) in [4.78, 5) is 3.16. The zero-order valence-electron chi connectivity index (χ0n) is 13.1. The maximum absolute atomic E-state index is 13.5. The molecule has 0 bridgehead atoms. The van der Waals surface area contributed by atoms with E-state index in [1.54, 1.807) is 6.07 Å². The number of pyridine rings is 1. The van der Waals surface area contributed by atoms with Gasteiger partial charge in [0, 0.05) is 19.4 Å². The average molecular weight is 390 g/mol. The van der Waals surface area contributed by atoms with Crippen molar-refractivity contribution in [1.82, 2.24) is 9.29 Å². The monoisotopic (exact) mass is 390 g/mol. The topological polar surface area (TPSA) is 80.8 Å². The molecule has 0 fully saturated rings. The molecule has 0 aliphatic carbocycles. The fourth-order valence-corrected chi connectivity index (χ4v) is 3.59. The zero-order chi connectivity index (χ0) is 19.7. The zero-order valence-corrected chi connectivity index (χ0v) is 13.9. The summed E-state index contributed by atoms with van der Waals surface area (Å²) < 4.78 is 87.9. The van der Waals surface area contributed by atoms with Crippen LogP contribution in [0, 0.1) is 27.7 Å². The molecule has 1 heterocycles. The highest BCUT2D eigenvalue weighted by atomic mass is 32.2. The third-order valence-electron chi connectivity index (χ3n) is 3.50. The van der Waals surface area contributed by atoms with Crippen LogP contribution in [0.2, 0.25) is 0 Å². The van der Waals surface area contributed by atoms with Gasteiger partial charge in [0.05, 0.1) is 10.5 Å². The summed E-state index contributed by atoms with van der Waals surface area (Å²) in [7, 11) is -3.47. The number of nitrogens with zero attached hydrogens (tertiary/aromatic N) is 3. The molecule has 0 radical (unpaired) electrons. The van der Waals surface area contributed by atoms with Gasteiger partial charge < -0.3 is 0 Å². The lowest BCUT2D eigenvalue weighted by Crippen LogP contribution is -2.39. The SMILES string of the molecule is CN(C(c1ccc(F)c(F)c1)C(F)(F)F)S(=N)(=O)c1cncc(C#N)c1. The second-order valence-corrected chi connectivity index (χ2v) is 7.31. The van der Waals surface area contributed by atoms with E-state index < -0.39 is 44.2 Å². The molecule has 1 aromatic carbocycles. The van der Waals surface area contributed by atoms with Gasteiger partial charge in [0.25, 0.3) is 0 Å². The highest BCUT2D eigenvalue weighted by molar-refractivity contribution is 7.90. The summed E-state index contributed by atoms with van der Waals surface area (Å²) in [5, 5.41) is 8.82. The number of nitrogens with one attached hydrogen (secondary N) is 1. The normalized spacial score (nSPS) is 15.3. The van der Waals surface area contributed by atoms with Crippen molar-refractivity contribution in [2.75, 3.05) is 7.05 Å². The van der Waals surface area contributed by atoms with E-state index in [9.17, 15) is 26.2 Å². The minimum absolute atomic E-state index is 0.0905. The Balaban J connectivity index is 2.57. The summed E-state index contributed by atoms with van der Waals surface area (Å²) in [6.07, 6.45) is -3.04. The molecule has 2 unspecified atom stereocenters. The van der Waals surface area contributed by atoms with Crippen LogP contribution in [-0.4, -0.2) is 26.7 Å². The van der Waals surface area contributed by atoms with E-state index in [0.717, 1.165) is 25.5 Å². The van der Waals surface area contributed by atoms with Crippen LogP contribution in [0.5, 0.6) is 0 Å². The number of rotatable bonds is 4. The van der Waals surface area contributed by atoms with Crippen molar-refractivity contribution in [1.29, 1.82) is 10.0 Å². The first-order chi connectivity index (χ1) is 12.0. The Bertz CT molecular complexity index is 969. The molecule has 0 saturated carbocycles. The highest BCUT2D eigenvalue weighted by Gasteiger charge is 2.47. The van der Waals surface area contributed by atoms with Gasteiger partial charge in [-0.05, 0) is 23.8 Å². The van der Waals surface area contributed by atoms with E-state index in [2.05, 4.69) is 4.98 Å². The van der Waals surface area contributed by atoms with Crippen LogP contribution in [0.3, 0.4) is 0 Å². The van der Waals surface area contributed by atoms with Gasteiger partial charge in [-0.15, -0.1) is 0 Å². The smallest absolute Gasteiger partial charge is 0.262 e. The van der Waals surface area contributed by atoms with Crippen molar-refractivity contribution in [2.45, 2.75) is 17.1 Å². The standard InChI is InChI=1S/C15H11F5N4OS/c1-24(26(22,25)11-4-9(6-21)7-23-8-11)14(15(18,19)20)10-2-3-12(16)13(17)5-10/h2-5,7-8,14,22H,1H3. The molecule has 0 aliphatic rings. The minimum atomic E-state index is -5.04. The van der Waals surface area contributed by atoms with Gasteiger partial charge in [0.2, 0.25) is 0 Å². The van der Waals surface area contributed by atoms with Crippen molar-refractivity contribution in [3.8, 4) is 6.07 Å². The lowest BCUT2D eigenvalue weighted by molar-refractivity contribution is -0.170. The highest BCUT2D eigenvalue weighted by Crippen LogP contribution is 2.40. The fraction of sp³-hybridized carbons (Fsp3) is 0.200. The summed E-state index contributed by atoms with van der Waals surface area (Å²) in [6, 6.07) is 1.57. The van der Waals surface area contributed by atoms with Gasteiger partial charge in [-0.25, -0.2) is 22.1 Å². The van der Waals surface area contributed by atoms with E-state index >= 15 is 0 Å². The van der Waals surface area contributed by atoms with Crippen LogP contribution in [0.15, 0.2) is 41.6 Å². The molecule has 0 saturated heterocycles. The van der Waals surface area contributed by atoms with Crippen molar-refractivity contribution in [3.63, 3.8) is 0 Å². The molecule has 1 aromatic heterocycles. The molecule has 2 rings (SSSR count). The van der Waals surface area contributed by atoms with Crippen LogP contribution in [0.1, 0.15) is 17.2 Å². The first kappa shape index (κ1) is 19.7. The number of halogens is 5. The number of nitriles is 1. The van der Waals surface area contributed by atoms with Crippen LogP contribution >= 0.6 is 0 Å². The second kappa shape index (κ2) is 6.97. The summed E-state index contributed by atoms with van der Waals surface area (Å²) >= 11 is 0. The number of hydrogen-bond acceptors (Lipinski definition) is 4. The number of alkyl halides is 3. The number of benzene rings is 1. The van der Waals surface area contributed by atoms with Crippen LogP contribution in [0.25, 0.3) is 0 Å². The Morgan fingerprint density at radius 2 is 1.88 bits per heavy atom. The lowest BCUT2D eigenvalue weighted by atomic mass is 10.1. The second-order valence-electron chi connectivity index (χ2n) is 5.21. The molecule has 5 nitrogen and oxygen atoms in total. The van der Waals surface area contributed by atoms with Gasteiger partial charge in [-0.1, -0.05) is 6.07 Å². The van der Waals surface area contributed by atoms with Crippen molar-refractivity contribution in [2.24, 2.45) is 0 Å². The van der Waals surface area contributed by atoms with Crippen molar-refractivity contribution in [3.05, 3.63) is 59.4 Å². The molecule has 26 heavy (non-hydrogen) atoms. The first-order valence-electron chi connectivity index (χ1n) is 6.87. The molecule has 0 amide bonds. The van der Waals surface area contributed by atoms with Gasteiger partial charge >= 0.3 is 6.18 Å². The minimum Gasteiger partial charge on any atom is -0.262 e. The molecule has 11 heteroatoms. The van der Waals surface area contributed by atoms with E-state index in [1.807, 2.05) is 0 Å². The molecule has 0 spiro atoms. The van der Waals surface area contributed by atoms with Crippen LogP contribution in [0.4, 0.5) is 22.0 Å². The van der Waals surface area contributed by atoms with E-state index in [0.29, 0.717) is 18.2 Å². The van der Waals surface area contributed by atoms with E-state index in [4.69, 9.17) is 10.0 Å². The van der Waals surface area contributed by atoms with Gasteiger partial charge in [-0.3, -0.25) is 4.98 Å². The molecule has 2 aromatic rings. The van der Waals surface area contributed by atoms with Crippen LogP contribution < -0.4 is 0 Å². The van der Waals surface area contributed by atoms with Crippen molar-refractivity contribution >= 4 is 9.92 Å². The molecule has 138 valence electrons. The van der Waals surface area contributed by atoms with Gasteiger partial charge in [0.1, 0.15) is 22.0 Å². The predicted molar refractivity (Wildman–Crippen MR) is 81.0 cm³/mol. The Hall–Kier alpha value is -2.58. The van der Waals surface area contributed by atoms with Gasteiger partial charge in [0.15, 0.2) is 11.6 Å². The quantitative estimate of drug-likeness (QED) is 0.807. The Morgan fingerprint density at radius 1 is 1.23 bits per heavy atom. The lowest BCUT2D eigenvalue weighted by Gasteiger charge is -2.31. The third-order valence-corrected chi connectivity index (χ3v) is 5.38. The first-order valence-corrected chi connectivity index (χ1v) is 8.38. The molecular formula is C15H11F5N4OS. The maximum Gasteiger partial charge on any atom is 0.409 e. The number of hydrogen-bond donors (Lipinski definition) is 1. The molecule has 2 atom stereocenters. The fourth-order valence-electron chi connectivity index (χ4n) is 2.23. The van der Waals surface area contributed by atoms with Crippen molar-refractivity contribution < 1.29 is 26.2 Å². The molecular weight excluding hydrogens is 379 g/mol. The van der Waals surface area contributed by atoms with Gasteiger partial charge in [-0.2, -0.15) is 18.4 Å². The third kappa shape index (κ3) is 3.81. The van der Waals surface area contributed by atoms with E-state index in [1.165, 1.54) is 0 Å². The molecule has 1 N–H and O–H groups in total. The van der Waals surface area contributed by atoms with E-state index in [-0.39, 0.29) is 9.87 Å². The largest absolute Gasteiger partial charge is 0.409 e. The molecule has 0 aliphatic heterocycles. The summed E-state index contributed by atoms with van der Waals surface area (Å²) in [5.74, 6) is -2.84. The Labute approximate surface area is 145 Å². The predicted octanol–water partition coefficient (Wildman–Crippen LogP) is 3.79. The Kier molecular flexibility index (Phi) is 5.29. The summed E-state index contributed by atoms with van der Waals surface area (Å²) in [6.45, 7) is 0. The number of aromatic nitrogens is 1. The van der Waals surface area contributed by atoms with Crippen LogP contribution in [-0.2, 0) is 9.92 Å². The maximum atomic E-state index is 13.5. The summed E-state index contributed by atoms with van der Waals surface area (Å²) in [5.41, 5.74) is -0.810.